The summed E-state index contributed by atoms with van der Waals surface area (Å²) in [5, 5.41) is 13.5. The van der Waals surface area contributed by atoms with Crippen molar-refractivity contribution >= 4 is 6.03 Å². The Balaban J connectivity index is 1.26. The van der Waals surface area contributed by atoms with Crippen molar-refractivity contribution in [2.24, 2.45) is 5.92 Å². The first-order valence-electron chi connectivity index (χ1n) is 9.54. The molecule has 1 aliphatic carbocycles. The van der Waals surface area contributed by atoms with E-state index in [1.807, 2.05) is 30.3 Å². The molecule has 1 saturated carbocycles. The minimum atomic E-state index is -0.606. The molecule has 1 fully saturated rings. The predicted octanol–water partition coefficient (Wildman–Crippen LogP) is 3.48. The van der Waals surface area contributed by atoms with Crippen LogP contribution in [0.5, 0.6) is 0 Å². The van der Waals surface area contributed by atoms with Gasteiger partial charge in [-0.3, -0.25) is 0 Å². The minimum Gasteiger partial charge on any atom is -0.387 e. The number of hydrogen-bond donors (Lipinski definition) is 2. The molecule has 1 heterocycles. The summed E-state index contributed by atoms with van der Waals surface area (Å²) < 4.78 is 0. The molecule has 4 nitrogen and oxygen atoms in total. The molecule has 26 heavy (non-hydrogen) atoms. The second-order valence-corrected chi connectivity index (χ2v) is 7.54. The van der Waals surface area contributed by atoms with Gasteiger partial charge in [0.2, 0.25) is 0 Å². The van der Waals surface area contributed by atoms with Crippen LogP contribution in [0.4, 0.5) is 4.79 Å². The summed E-state index contributed by atoms with van der Waals surface area (Å²) in [5.74, 6) is 1.19. The summed E-state index contributed by atoms with van der Waals surface area (Å²) in [6.45, 7) is 1.74. The first-order valence-corrected chi connectivity index (χ1v) is 9.54. The van der Waals surface area contributed by atoms with E-state index < -0.39 is 6.10 Å². The van der Waals surface area contributed by atoms with Crippen molar-refractivity contribution in [3.05, 3.63) is 71.3 Å². The third-order valence-corrected chi connectivity index (χ3v) is 5.79. The third kappa shape index (κ3) is 3.61. The van der Waals surface area contributed by atoms with E-state index in [0.717, 1.165) is 36.9 Å². The zero-order valence-corrected chi connectivity index (χ0v) is 15.0. The maximum Gasteiger partial charge on any atom is 0.317 e. The van der Waals surface area contributed by atoms with Crippen LogP contribution in [0.25, 0.3) is 0 Å². The second kappa shape index (κ2) is 7.50. The number of nitrogens with one attached hydrogen (secondary N) is 1. The van der Waals surface area contributed by atoms with Crippen LogP contribution in [0.1, 0.15) is 41.6 Å². The first kappa shape index (κ1) is 17.1. The highest BCUT2D eigenvalue weighted by Gasteiger charge is 2.31. The molecule has 4 rings (SSSR count). The number of hydrogen-bond acceptors (Lipinski definition) is 2. The van der Waals surface area contributed by atoms with Gasteiger partial charge < -0.3 is 15.3 Å². The minimum absolute atomic E-state index is 0.0555. The molecule has 0 spiro atoms. The van der Waals surface area contributed by atoms with Crippen LogP contribution in [0.2, 0.25) is 0 Å². The normalized spacial score (nSPS) is 25.0. The Labute approximate surface area is 154 Å². The number of rotatable bonds is 3. The largest absolute Gasteiger partial charge is 0.387 e. The Morgan fingerprint density at radius 1 is 1.08 bits per heavy atom. The Morgan fingerprint density at radius 3 is 2.62 bits per heavy atom. The van der Waals surface area contributed by atoms with E-state index >= 15 is 0 Å². The first-order chi connectivity index (χ1) is 12.7. The fourth-order valence-corrected chi connectivity index (χ4v) is 4.17. The molecule has 2 aliphatic rings. The number of benzene rings is 2. The number of urea groups is 1. The van der Waals surface area contributed by atoms with Crippen LogP contribution >= 0.6 is 0 Å². The highest BCUT2D eigenvalue weighted by Crippen LogP contribution is 2.41. The van der Waals surface area contributed by atoms with Gasteiger partial charge >= 0.3 is 6.03 Å². The van der Waals surface area contributed by atoms with Crippen molar-refractivity contribution < 1.29 is 9.90 Å². The molecular weight excluding hydrogens is 324 g/mol. The molecule has 2 aromatic rings. The monoisotopic (exact) mass is 350 g/mol. The van der Waals surface area contributed by atoms with Gasteiger partial charge in [0.05, 0.1) is 12.6 Å². The average Bonchev–Trinajstić information content (AvgIpc) is 2.81. The molecule has 4 heteroatoms. The third-order valence-electron chi connectivity index (χ3n) is 5.79. The molecule has 1 atom stereocenters. The number of nitrogens with zero attached hydrogens (tertiary/aromatic N) is 1. The Bertz CT molecular complexity index is 756. The van der Waals surface area contributed by atoms with Gasteiger partial charge in [-0.1, -0.05) is 54.6 Å². The molecule has 2 N–H and O–H groups in total. The molecule has 2 amide bonds. The maximum absolute atomic E-state index is 12.5. The lowest BCUT2D eigenvalue weighted by molar-refractivity contribution is 0.125. The Hall–Kier alpha value is -2.33. The van der Waals surface area contributed by atoms with Crippen molar-refractivity contribution in [1.82, 2.24) is 10.2 Å². The van der Waals surface area contributed by atoms with Gasteiger partial charge in [-0.05, 0) is 47.8 Å². The molecule has 136 valence electrons. The van der Waals surface area contributed by atoms with E-state index in [4.69, 9.17) is 0 Å². The number of carbonyl (C=O) groups excluding carboxylic acids is 1. The number of amides is 2. The molecule has 0 bridgehead atoms. The molecular formula is C22H26N2O2. The van der Waals surface area contributed by atoms with Gasteiger partial charge in [0.25, 0.3) is 0 Å². The maximum atomic E-state index is 12.5. The van der Waals surface area contributed by atoms with E-state index in [1.54, 1.807) is 4.90 Å². The number of aliphatic hydroxyl groups excluding tert-OH is 1. The van der Waals surface area contributed by atoms with Crippen molar-refractivity contribution in [3.8, 4) is 0 Å². The van der Waals surface area contributed by atoms with Gasteiger partial charge in [0.1, 0.15) is 0 Å². The number of aliphatic hydroxyl groups is 1. The van der Waals surface area contributed by atoms with Crippen LogP contribution in [0.3, 0.4) is 0 Å². The predicted molar refractivity (Wildman–Crippen MR) is 102 cm³/mol. The average molecular weight is 350 g/mol. The topological polar surface area (TPSA) is 52.6 Å². The van der Waals surface area contributed by atoms with E-state index in [2.05, 4.69) is 29.6 Å². The Kier molecular flexibility index (Phi) is 4.93. The number of β-amino-alcohol motifs (C(OH)–C–C–N with tert-alkyl or cyclic N) is 1. The van der Waals surface area contributed by atoms with Crippen LogP contribution < -0.4 is 5.32 Å². The highest BCUT2D eigenvalue weighted by atomic mass is 16.3. The van der Waals surface area contributed by atoms with Crippen LogP contribution in [-0.2, 0) is 6.42 Å². The van der Waals surface area contributed by atoms with Crippen molar-refractivity contribution in [1.29, 1.82) is 0 Å². The lowest BCUT2D eigenvalue weighted by atomic mass is 9.71. The zero-order valence-electron chi connectivity index (χ0n) is 15.0. The molecule has 2 aromatic carbocycles. The Morgan fingerprint density at radius 2 is 1.81 bits per heavy atom. The van der Waals surface area contributed by atoms with Crippen LogP contribution in [0.15, 0.2) is 54.6 Å². The van der Waals surface area contributed by atoms with Crippen molar-refractivity contribution in [2.45, 2.75) is 31.3 Å². The van der Waals surface area contributed by atoms with E-state index in [-0.39, 0.29) is 6.03 Å². The second-order valence-electron chi connectivity index (χ2n) is 7.54. The quantitative estimate of drug-likeness (QED) is 0.890. The molecule has 0 radical (unpaired) electrons. The smallest absolute Gasteiger partial charge is 0.317 e. The van der Waals surface area contributed by atoms with E-state index in [1.165, 1.54) is 5.56 Å². The molecule has 0 saturated heterocycles. The standard InChI is InChI=1S/C22H26N2O2/c25-21-15-24(11-10-18-8-4-5-9-20(18)21)22(26)23-14-16-12-19(13-16)17-6-2-1-3-7-17/h1-9,16,19,21,25H,10-15H2,(H,23,26). The number of carbonyl (C=O) groups is 1. The van der Waals surface area contributed by atoms with Crippen LogP contribution in [-0.4, -0.2) is 35.7 Å². The lowest BCUT2D eigenvalue weighted by Gasteiger charge is -2.36. The summed E-state index contributed by atoms with van der Waals surface area (Å²) >= 11 is 0. The van der Waals surface area contributed by atoms with Gasteiger partial charge in [-0.15, -0.1) is 0 Å². The molecule has 1 unspecified atom stereocenters. The van der Waals surface area contributed by atoms with Gasteiger partial charge in [0.15, 0.2) is 0 Å². The van der Waals surface area contributed by atoms with Crippen molar-refractivity contribution in [2.75, 3.05) is 19.6 Å². The highest BCUT2D eigenvalue weighted by molar-refractivity contribution is 5.74. The van der Waals surface area contributed by atoms with Gasteiger partial charge in [0, 0.05) is 13.1 Å². The molecule has 0 aromatic heterocycles. The SMILES string of the molecule is O=C(NCC1CC(c2ccccc2)C1)N1CCc2ccccc2C(O)C1. The summed E-state index contributed by atoms with van der Waals surface area (Å²) in [7, 11) is 0. The summed E-state index contributed by atoms with van der Waals surface area (Å²) in [6.07, 6.45) is 2.46. The van der Waals surface area contributed by atoms with Crippen LogP contribution in [0, 0.1) is 5.92 Å². The van der Waals surface area contributed by atoms with Gasteiger partial charge in [-0.25, -0.2) is 4.79 Å². The summed E-state index contributed by atoms with van der Waals surface area (Å²) in [5.41, 5.74) is 3.50. The van der Waals surface area contributed by atoms with E-state index in [0.29, 0.717) is 24.9 Å². The summed E-state index contributed by atoms with van der Waals surface area (Å²) in [6, 6.07) is 18.5. The van der Waals surface area contributed by atoms with Crippen molar-refractivity contribution in [3.63, 3.8) is 0 Å². The fraction of sp³-hybridized carbons (Fsp3) is 0.409. The van der Waals surface area contributed by atoms with E-state index in [9.17, 15) is 9.90 Å². The van der Waals surface area contributed by atoms with Gasteiger partial charge in [-0.2, -0.15) is 0 Å². The molecule has 1 aliphatic heterocycles. The summed E-state index contributed by atoms with van der Waals surface area (Å²) in [4.78, 5) is 14.3. The number of fused-ring (bicyclic) bond motifs is 1. The lowest BCUT2D eigenvalue weighted by Crippen LogP contribution is -2.45. The fourth-order valence-electron chi connectivity index (χ4n) is 4.17. The zero-order chi connectivity index (χ0) is 17.9.